The average Bonchev–Trinajstić information content (AvgIpc) is 2.95. The molecule has 0 aliphatic rings. The van der Waals surface area contributed by atoms with Gasteiger partial charge in [0.05, 0.1) is 12.8 Å². The molecular formula is C15H22ClN3O2. The molecule has 0 atom stereocenters. The highest BCUT2D eigenvalue weighted by molar-refractivity contribution is 5.85. The largest absolute Gasteiger partial charge is 0.491 e. The van der Waals surface area contributed by atoms with Crippen molar-refractivity contribution >= 4 is 12.4 Å². The summed E-state index contributed by atoms with van der Waals surface area (Å²) in [6, 6.07) is 7.99. The van der Waals surface area contributed by atoms with E-state index in [9.17, 15) is 0 Å². The molecule has 6 heteroatoms. The SMILES string of the molecule is COCCOc1cccc(-c2cnn(CCCN)c2)c1.Cl. The van der Waals surface area contributed by atoms with Crippen molar-refractivity contribution in [1.29, 1.82) is 0 Å². The molecule has 21 heavy (non-hydrogen) atoms. The molecule has 0 fully saturated rings. The molecule has 0 amide bonds. The van der Waals surface area contributed by atoms with Crippen molar-refractivity contribution in [1.82, 2.24) is 9.78 Å². The Morgan fingerprint density at radius 1 is 1.24 bits per heavy atom. The highest BCUT2D eigenvalue weighted by atomic mass is 35.5. The number of hydrogen-bond acceptors (Lipinski definition) is 4. The molecule has 1 aromatic heterocycles. The minimum atomic E-state index is 0. The smallest absolute Gasteiger partial charge is 0.120 e. The van der Waals surface area contributed by atoms with Crippen LogP contribution in [0.3, 0.4) is 0 Å². The van der Waals surface area contributed by atoms with Crippen molar-refractivity contribution in [2.45, 2.75) is 13.0 Å². The van der Waals surface area contributed by atoms with Crippen LogP contribution in [0.25, 0.3) is 11.1 Å². The van der Waals surface area contributed by atoms with Gasteiger partial charge in [0.2, 0.25) is 0 Å². The van der Waals surface area contributed by atoms with Gasteiger partial charge in [-0.25, -0.2) is 0 Å². The third kappa shape index (κ3) is 5.38. The number of rotatable bonds is 8. The quantitative estimate of drug-likeness (QED) is 0.760. The monoisotopic (exact) mass is 311 g/mol. The summed E-state index contributed by atoms with van der Waals surface area (Å²) in [5.74, 6) is 0.842. The van der Waals surface area contributed by atoms with Crippen LogP contribution in [0.1, 0.15) is 6.42 Å². The zero-order chi connectivity index (χ0) is 14.2. The first-order valence-electron chi connectivity index (χ1n) is 6.78. The summed E-state index contributed by atoms with van der Waals surface area (Å²) in [4.78, 5) is 0. The average molecular weight is 312 g/mol. The van der Waals surface area contributed by atoms with Crippen LogP contribution in [0, 0.1) is 0 Å². The predicted octanol–water partition coefficient (Wildman–Crippen LogP) is 2.35. The molecule has 0 saturated carbocycles. The fourth-order valence-corrected chi connectivity index (χ4v) is 1.90. The van der Waals surface area contributed by atoms with Gasteiger partial charge in [0.25, 0.3) is 0 Å². The van der Waals surface area contributed by atoms with E-state index in [1.54, 1.807) is 7.11 Å². The summed E-state index contributed by atoms with van der Waals surface area (Å²) in [5.41, 5.74) is 7.68. The molecule has 5 nitrogen and oxygen atoms in total. The number of nitrogens with two attached hydrogens (primary N) is 1. The predicted molar refractivity (Wildman–Crippen MR) is 86.0 cm³/mol. The Morgan fingerprint density at radius 3 is 2.86 bits per heavy atom. The summed E-state index contributed by atoms with van der Waals surface area (Å²) < 4.78 is 12.5. The molecule has 2 N–H and O–H groups in total. The van der Waals surface area contributed by atoms with Crippen LogP contribution >= 0.6 is 12.4 Å². The minimum absolute atomic E-state index is 0. The van der Waals surface area contributed by atoms with Gasteiger partial charge < -0.3 is 15.2 Å². The van der Waals surface area contributed by atoms with Gasteiger partial charge in [0.15, 0.2) is 0 Å². The topological polar surface area (TPSA) is 62.3 Å². The number of aromatic nitrogens is 2. The van der Waals surface area contributed by atoms with Crippen molar-refractivity contribution in [2.75, 3.05) is 26.9 Å². The Hall–Kier alpha value is -1.56. The molecule has 2 rings (SSSR count). The Labute approximate surface area is 131 Å². The van der Waals surface area contributed by atoms with Crippen LogP contribution in [0.5, 0.6) is 5.75 Å². The summed E-state index contributed by atoms with van der Waals surface area (Å²) >= 11 is 0. The Kier molecular flexibility index (Phi) is 7.82. The van der Waals surface area contributed by atoms with E-state index in [4.69, 9.17) is 15.2 Å². The number of nitrogens with zero attached hydrogens (tertiary/aromatic N) is 2. The lowest BCUT2D eigenvalue weighted by Gasteiger charge is -2.06. The second-order valence-corrected chi connectivity index (χ2v) is 4.50. The van der Waals surface area contributed by atoms with E-state index in [0.717, 1.165) is 29.8 Å². The van der Waals surface area contributed by atoms with Crippen LogP contribution < -0.4 is 10.5 Å². The Bertz CT molecular complexity index is 531. The van der Waals surface area contributed by atoms with Crippen molar-refractivity contribution in [3.63, 3.8) is 0 Å². The lowest BCUT2D eigenvalue weighted by Crippen LogP contribution is -2.05. The van der Waals surface area contributed by atoms with E-state index in [1.165, 1.54) is 0 Å². The van der Waals surface area contributed by atoms with E-state index < -0.39 is 0 Å². The highest BCUT2D eigenvalue weighted by Gasteiger charge is 2.03. The third-order valence-corrected chi connectivity index (χ3v) is 2.95. The second-order valence-electron chi connectivity index (χ2n) is 4.50. The van der Waals surface area contributed by atoms with Gasteiger partial charge >= 0.3 is 0 Å². The first-order chi connectivity index (χ1) is 9.83. The van der Waals surface area contributed by atoms with Crippen molar-refractivity contribution in [2.24, 2.45) is 5.73 Å². The lowest BCUT2D eigenvalue weighted by atomic mass is 10.1. The molecule has 0 aliphatic heterocycles. The molecule has 0 unspecified atom stereocenters. The molecule has 1 aromatic carbocycles. The van der Waals surface area contributed by atoms with Crippen LogP contribution in [0.2, 0.25) is 0 Å². The van der Waals surface area contributed by atoms with Crippen molar-refractivity contribution in [3.8, 4) is 16.9 Å². The number of halogens is 1. The van der Waals surface area contributed by atoms with Crippen LogP contribution in [-0.2, 0) is 11.3 Å². The molecule has 0 spiro atoms. The molecular weight excluding hydrogens is 290 g/mol. The van der Waals surface area contributed by atoms with Gasteiger partial charge in [-0.15, -0.1) is 12.4 Å². The standard InChI is InChI=1S/C15H21N3O2.ClH/c1-19-8-9-20-15-5-2-4-13(10-15)14-11-17-18(12-14)7-3-6-16;/h2,4-5,10-12H,3,6-9,16H2,1H3;1H. The summed E-state index contributed by atoms with van der Waals surface area (Å²) in [6.45, 7) is 2.66. The van der Waals surface area contributed by atoms with E-state index in [2.05, 4.69) is 5.10 Å². The third-order valence-electron chi connectivity index (χ3n) is 2.95. The number of ether oxygens (including phenoxy) is 2. The maximum Gasteiger partial charge on any atom is 0.120 e. The van der Waals surface area contributed by atoms with Gasteiger partial charge in [-0.2, -0.15) is 5.10 Å². The molecule has 0 radical (unpaired) electrons. The second kappa shape index (κ2) is 9.39. The first-order valence-corrected chi connectivity index (χ1v) is 6.78. The highest BCUT2D eigenvalue weighted by Crippen LogP contribution is 2.23. The molecule has 2 aromatic rings. The van der Waals surface area contributed by atoms with Gasteiger partial charge in [-0.1, -0.05) is 12.1 Å². The van der Waals surface area contributed by atoms with E-state index in [1.807, 2.05) is 41.3 Å². The van der Waals surface area contributed by atoms with E-state index in [0.29, 0.717) is 19.8 Å². The van der Waals surface area contributed by atoms with Crippen LogP contribution in [-0.4, -0.2) is 36.6 Å². The molecule has 116 valence electrons. The fraction of sp³-hybridized carbons (Fsp3) is 0.400. The number of methoxy groups -OCH3 is 1. The van der Waals surface area contributed by atoms with Gasteiger partial charge in [-0.3, -0.25) is 4.68 Å². The van der Waals surface area contributed by atoms with Crippen molar-refractivity contribution in [3.05, 3.63) is 36.7 Å². The maximum atomic E-state index is 5.61. The number of aryl methyl sites for hydroxylation is 1. The summed E-state index contributed by atoms with van der Waals surface area (Å²) in [5, 5.41) is 4.34. The van der Waals surface area contributed by atoms with E-state index >= 15 is 0 Å². The molecule has 0 bridgehead atoms. The molecule has 0 aliphatic carbocycles. The van der Waals surface area contributed by atoms with Gasteiger partial charge in [0.1, 0.15) is 12.4 Å². The zero-order valence-corrected chi connectivity index (χ0v) is 13.0. The lowest BCUT2D eigenvalue weighted by molar-refractivity contribution is 0.146. The Balaban J connectivity index is 0.00000220. The van der Waals surface area contributed by atoms with Crippen molar-refractivity contribution < 1.29 is 9.47 Å². The number of benzene rings is 1. The number of hydrogen-bond donors (Lipinski definition) is 1. The molecule has 1 heterocycles. The summed E-state index contributed by atoms with van der Waals surface area (Å²) in [6.07, 6.45) is 4.83. The first kappa shape index (κ1) is 17.5. The fourth-order valence-electron chi connectivity index (χ4n) is 1.90. The van der Waals surface area contributed by atoms with Crippen LogP contribution in [0.15, 0.2) is 36.7 Å². The Morgan fingerprint density at radius 2 is 2.10 bits per heavy atom. The normalized spacial score (nSPS) is 10.2. The minimum Gasteiger partial charge on any atom is -0.491 e. The van der Waals surface area contributed by atoms with E-state index in [-0.39, 0.29) is 12.4 Å². The maximum absolute atomic E-state index is 5.61. The summed E-state index contributed by atoms with van der Waals surface area (Å²) in [7, 11) is 1.66. The van der Waals surface area contributed by atoms with Crippen LogP contribution in [0.4, 0.5) is 0 Å². The zero-order valence-electron chi connectivity index (χ0n) is 12.2. The van der Waals surface area contributed by atoms with Gasteiger partial charge in [0, 0.05) is 25.4 Å². The van der Waals surface area contributed by atoms with Gasteiger partial charge in [-0.05, 0) is 30.7 Å². The molecule has 0 saturated heterocycles.